The third kappa shape index (κ3) is 2.92. The molecular weight excluding hydrogens is 301 g/mol. The van der Waals surface area contributed by atoms with Crippen LogP contribution in [0.2, 0.25) is 10.0 Å². The molecule has 0 aliphatic carbocycles. The monoisotopic (exact) mass is 309 g/mol. The third-order valence-electron chi connectivity index (χ3n) is 2.60. The molecule has 2 rings (SSSR count). The van der Waals surface area contributed by atoms with Crippen LogP contribution in [0, 0.1) is 0 Å². The zero-order valence-corrected chi connectivity index (χ0v) is 11.6. The summed E-state index contributed by atoms with van der Waals surface area (Å²) in [6.07, 6.45) is 0. The second-order valence-electron chi connectivity index (χ2n) is 3.90. The number of amides is 1. The Morgan fingerprint density at radius 3 is 2.15 bits per heavy atom. The summed E-state index contributed by atoms with van der Waals surface area (Å²) in [5, 5.41) is 12.0. The fraction of sp³-hybridized carbons (Fsp3) is 0. The number of benzene rings is 2. The lowest BCUT2D eigenvalue weighted by Crippen LogP contribution is -2.15. The van der Waals surface area contributed by atoms with Crippen molar-refractivity contribution in [3.63, 3.8) is 0 Å². The van der Waals surface area contributed by atoms with Gasteiger partial charge in [0.05, 0.1) is 26.9 Å². The average Bonchev–Trinajstić information content (AvgIpc) is 2.38. The number of anilines is 1. The molecule has 2 aromatic carbocycles. The predicted octanol–water partition coefficient (Wildman–Crippen LogP) is 3.94. The summed E-state index contributed by atoms with van der Waals surface area (Å²) in [7, 11) is 0. The van der Waals surface area contributed by atoms with Gasteiger partial charge in [0.1, 0.15) is 0 Å². The normalized spacial score (nSPS) is 10.1. The number of para-hydroxylation sites is 1. The topological polar surface area (TPSA) is 66.4 Å². The Balaban J connectivity index is 2.36. The van der Waals surface area contributed by atoms with Crippen molar-refractivity contribution in [3.8, 4) is 0 Å². The van der Waals surface area contributed by atoms with Crippen LogP contribution in [0.1, 0.15) is 20.7 Å². The molecule has 102 valence electrons. The second-order valence-corrected chi connectivity index (χ2v) is 4.72. The van der Waals surface area contributed by atoms with E-state index < -0.39 is 11.9 Å². The van der Waals surface area contributed by atoms with Gasteiger partial charge in [0.15, 0.2) is 0 Å². The molecule has 0 aliphatic heterocycles. The Morgan fingerprint density at radius 2 is 1.55 bits per heavy atom. The minimum Gasteiger partial charge on any atom is -0.478 e. The van der Waals surface area contributed by atoms with Crippen LogP contribution in [0.5, 0.6) is 0 Å². The molecule has 2 N–H and O–H groups in total. The van der Waals surface area contributed by atoms with Gasteiger partial charge in [-0.05, 0) is 24.3 Å². The number of hydrogen-bond donors (Lipinski definition) is 2. The van der Waals surface area contributed by atoms with E-state index in [1.165, 1.54) is 24.3 Å². The molecule has 0 heterocycles. The van der Waals surface area contributed by atoms with Crippen LogP contribution in [0.25, 0.3) is 0 Å². The summed E-state index contributed by atoms with van der Waals surface area (Å²) in [5.41, 5.74) is 0.279. The van der Waals surface area contributed by atoms with Crippen LogP contribution in [0.4, 0.5) is 5.69 Å². The highest BCUT2D eigenvalue weighted by molar-refractivity contribution is 6.40. The summed E-state index contributed by atoms with van der Waals surface area (Å²) in [6.45, 7) is 0. The Labute approximate surface area is 124 Å². The van der Waals surface area contributed by atoms with Crippen molar-refractivity contribution in [1.82, 2.24) is 0 Å². The molecular formula is C14H9Cl2NO3. The fourth-order valence-corrected chi connectivity index (χ4v) is 2.25. The van der Waals surface area contributed by atoms with Crippen molar-refractivity contribution in [2.75, 3.05) is 5.32 Å². The van der Waals surface area contributed by atoms with E-state index in [0.29, 0.717) is 0 Å². The quantitative estimate of drug-likeness (QED) is 0.902. The second kappa shape index (κ2) is 5.94. The molecule has 0 bridgehead atoms. The van der Waals surface area contributed by atoms with Crippen molar-refractivity contribution in [2.24, 2.45) is 0 Å². The first-order valence-corrected chi connectivity index (χ1v) is 6.34. The van der Waals surface area contributed by atoms with Gasteiger partial charge in [0, 0.05) is 0 Å². The first kappa shape index (κ1) is 14.4. The summed E-state index contributed by atoms with van der Waals surface area (Å²) in [5.74, 6) is -1.69. The van der Waals surface area contributed by atoms with E-state index >= 15 is 0 Å². The van der Waals surface area contributed by atoms with E-state index in [1.807, 2.05) is 0 Å². The molecule has 20 heavy (non-hydrogen) atoms. The largest absolute Gasteiger partial charge is 0.478 e. The summed E-state index contributed by atoms with van der Waals surface area (Å²) in [4.78, 5) is 23.2. The fourth-order valence-electron chi connectivity index (χ4n) is 1.68. The lowest BCUT2D eigenvalue weighted by molar-refractivity contribution is 0.0698. The maximum absolute atomic E-state index is 12.2. The van der Waals surface area contributed by atoms with Gasteiger partial charge in [-0.15, -0.1) is 0 Å². The molecule has 0 unspecified atom stereocenters. The number of carboxylic acid groups (broad SMARTS) is 1. The predicted molar refractivity (Wildman–Crippen MR) is 77.8 cm³/mol. The zero-order chi connectivity index (χ0) is 14.7. The number of halogens is 2. The first-order valence-electron chi connectivity index (χ1n) is 5.58. The molecule has 4 nitrogen and oxygen atoms in total. The Bertz CT molecular complexity index is 666. The van der Waals surface area contributed by atoms with Crippen LogP contribution in [0.15, 0.2) is 42.5 Å². The van der Waals surface area contributed by atoms with Gasteiger partial charge in [0.2, 0.25) is 0 Å². The summed E-state index contributed by atoms with van der Waals surface area (Å²) < 4.78 is 0. The van der Waals surface area contributed by atoms with Crippen molar-refractivity contribution < 1.29 is 14.7 Å². The summed E-state index contributed by atoms with van der Waals surface area (Å²) in [6, 6.07) is 10.8. The summed E-state index contributed by atoms with van der Waals surface area (Å²) >= 11 is 11.9. The van der Waals surface area contributed by atoms with E-state index in [2.05, 4.69) is 5.32 Å². The van der Waals surface area contributed by atoms with Gasteiger partial charge in [-0.25, -0.2) is 4.79 Å². The smallest absolute Gasteiger partial charge is 0.337 e. The third-order valence-corrected chi connectivity index (χ3v) is 3.23. The van der Waals surface area contributed by atoms with E-state index in [-0.39, 0.29) is 26.9 Å². The maximum atomic E-state index is 12.2. The zero-order valence-electron chi connectivity index (χ0n) is 10.1. The van der Waals surface area contributed by atoms with Crippen molar-refractivity contribution >= 4 is 40.8 Å². The molecule has 6 heteroatoms. The van der Waals surface area contributed by atoms with E-state index in [9.17, 15) is 9.59 Å². The molecule has 0 aromatic heterocycles. The highest BCUT2D eigenvalue weighted by Crippen LogP contribution is 2.26. The van der Waals surface area contributed by atoms with E-state index in [1.54, 1.807) is 18.2 Å². The van der Waals surface area contributed by atoms with Crippen molar-refractivity contribution in [2.45, 2.75) is 0 Å². The van der Waals surface area contributed by atoms with Crippen molar-refractivity contribution in [3.05, 3.63) is 63.6 Å². The van der Waals surface area contributed by atoms with Gasteiger partial charge in [0.25, 0.3) is 5.91 Å². The Kier molecular flexibility index (Phi) is 4.27. The number of hydrogen-bond acceptors (Lipinski definition) is 2. The molecule has 0 fully saturated rings. The van der Waals surface area contributed by atoms with Crippen LogP contribution in [-0.2, 0) is 0 Å². The molecule has 1 amide bonds. The molecule has 0 saturated heterocycles. The van der Waals surface area contributed by atoms with Gasteiger partial charge < -0.3 is 10.4 Å². The number of nitrogens with one attached hydrogen (secondary N) is 1. The maximum Gasteiger partial charge on any atom is 0.337 e. The SMILES string of the molecule is O=C(O)c1ccccc1NC(=O)c1c(Cl)cccc1Cl. The highest BCUT2D eigenvalue weighted by Gasteiger charge is 2.17. The standard InChI is InChI=1S/C14H9Cl2NO3/c15-9-5-3-6-10(16)12(9)13(18)17-11-7-2-1-4-8(11)14(19)20/h1-7H,(H,17,18)(H,19,20). The average molecular weight is 310 g/mol. The molecule has 0 saturated carbocycles. The van der Waals surface area contributed by atoms with Crippen LogP contribution >= 0.6 is 23.2 Å². The lowest BCUT2D eigenvalue weighted by atomic mass is 10.1. The number of carboxylic acids is 1. The molecule has 0 aliphatic rings. The Hall–Kier alpha value is -2.04. The number of aromatic carboxylic acids is 1. The van der Waals surface area contributed by atoms with Crippen LogP contribution in [0.3, 0.4) is 0 Å². The van der Waals surface area contributed by atoms with Gasteiger partial charge in [-0.1, -0.05) is 41.4 Å². The van der Waals surface area contributed by atoms with Gasteiger partial charge in [-0.3, -0.25) is 4.79 Å². The molecule has 0 spiro atoms. The number of carbonyl (C=O) groups excluding carboxylic acids is 1. The lowest BCUT2D eigenvalue weighted by Gasteiger charge is -2.10. The van der Waals surface area contributed by atoms with Crippen LogP contribution in [-0.4, -0.2) is 17.0 Å². The van der Waals surface area contributed by atoms with E-state index in [4.69, 9.17) is 28.3 Å². The minimum atomic E-state index is -1.13. The van der Waals surface area contributed by atoms with E-state index in [0.717, 1.165) is 0 Å². The first-order chi connectivity index (χ1) is 9.50. The van der Waals surface area contributed by atoms with Gasteiger partial charge in [-0.2, -0.15) is 0 Å². The number of carbonyl (C=O) groups is 2. The molecule has 0 atom stereocenters. The minimum absolute atomic E-state index is 0.0102. The van der Waals surface area contributed by atoms with Crippen molar-refractivity contribution in [1.29, 1.82) is 0 Å². The highest BCUT2D eigenvalue weighted by atomic mass is 35.5. The number of rotatable bonds is 3. The molecule has 0 radical (unpaired) electrons. The van der Waals surface area contributed by atoms with Gasteiger partial charge >= 0.3 is 5.97 Å². The van der Waals surface area contributed by atoms with Crippen LogP contribution < -0.4 is 5.32 Å². The molecule has 2 aromatic rings. The Morgan fingerprint density at radius 1 is 0.950 bits per heavy atom.